The Morgan fingerprint density at radius 2 is 1.64 bits per heavy atom. The fourth-order valence-electron chi connectivity index (χ4n) is 0.627. The van der Waals surface area contributed by atoms with Gasteiger partial charge in [-0.1, -0.05) is 0 Å². The van der Waals surface area contributed by atoms with Crippen LogP contribution in [0.2, 0.25) is 0 Å². The number of aliphatic hydroxyl groups excluding tert-OH is 1. The number of nitrogens with zero attached hydrogens (tertiary/aromatic N) is 1. The van der Waals surface area contributed by atoms with Crippen molar-refractivity contribution in [1.82, 2.24) is 5.06 Å². The molecule has 0 aliphatic carbocycles. The largest absolute Gasteiger partial charge is 0.505 e. The highest BCUT2D eigenvalue weighted by atomic mass is 16.7. The van der Waals surface area contributed by atoms with Crippen LogP contribution in [0.15, 0.2) is 12.0 Å². The Labute approximate surface area is 60.6 Å². The lowest BCUT2D eigenvalue weighted by Crippen LogP contribution is -2.58. The summed E-state index contributed by atoms with van der Waals surface area (Å²) in [5.74, 6) is -7.76. The second-order valence-corrected chi connectivity index (χ2v) is 2.17. The SMILES string of the molecule is OC1=CN(O)C(O)(O)C1(O)O. The average Bonchev–Trinajstić information content (AvgIpc) is 1.95. The van der Waals surface area contributed by atoms with Crippen molar-refractivity contribution < 1.29 is 30.7 Å². The molecule has 0 amide bonds. The third kappa shape index (κ3) is 0.800. The van der Waals surface area contributed by atoms with Gasteiger partial charge in [0.2, 0.25) is 0 Å². The van der Waals surface area contributed by atoms with E-state index in [1.165, 1.54) is 0 Å². The molecule has 0 radical (unpaired) electrons. The van der Waals surface area contributed by atoms with Crippen LogP contribution >= 0.6 is 0 Å². The van der Waals surface area contributed by atoms with Crippen LogP contribution < -0.4 is 0 Å². The van der Waals surface area contributed by atoms with Crippen molar-refractivity contribution in [2.45, 2.75) is 11.7 Å². The number of aliphatic hydroxyl groups is 5. The van der Waals surface area contributed by atoms with Gasteiger partial charge >= 0.3 is 11.7 Å². The monoisotopic (exact) mass is 165 g/mol. The molecule has 0 fully saturated rings. The first-order valence-electron chi connectivity index (χ1n) is 2.59. The standard InChI is InChI=1S/C4H7NO6/c6-2-1-5(11)4(9,10)3(2,7)8/h1,6-11H. The van der Waals surface area contributed by atoms with Gasteiger partial charge in [0.25, 0.3) is 0 Å². The molecule has 0 unspecified atom stereocenters. The molecule has 11 heavy (non-hydrogen) atoms. The van der Waals surface area contributed by atoms with Gasteiger partial charge in [0, 0.05) is 0 Å². The van der Waals surface area contributed by atoms with E-state index in [0.29, 0.717) is 6.20 Å². The molecule has 1 heterocycles. The lowest BCUT2D eigenvalue weighted by Gasteiger charge is -2.30. The van der Waals surface area contributed by atoms with Crippen LogP contribution in [0.4, 0.5) is 0 Å². The second-order valence-electron chi connectivity index (χ2n) is 2.17. The van der Waals surface area contributed by atoms with Gasteiger partial charge in [0.1, 0.15) is 0 Å². The Morgan fingerprint density at radius 3 is 1.73 bits per heavy atom. The van der Waals surface area contributed by atoms with Gasteiger partial charge in [0.15, 0.2) is 5.76 Å². The summed E-state index contributed by atoms with van der Waals surface area (Å²) < 4.78 is 0. The molecule has 0 saturated carbocycles. The van der Waals surface area contributed by atoms with Crippen molar-refractivity contribution >= 4 is 0 Å². The second kappa shape index (κ2) is 1.84. The first kappa shape index (κ1) is 8.24. The van der Waals surface area contributed by atoms with Crippen LogP contribution in [-0.4, -0.2) is 47.5 Å². The predicted octanol–water partition coefficient (Wildman–Crippen LogP) is -2.59. The molecule has 64 valence electrons. The minimum absolute atomic E-state index is 0.331. The van der Waals surface area contributed by atoms with E-state index < -0.39 is 17.5 Å². The van der Waals surface area contributed by atoms with Gasteiger partial charge < -0.3 is 25.5 Å². The minimum Gasteiger partial charge on any atom is -0.505 e. The van der Waals surface area contributed by atoms with E-state index in [1.807, 2.05) is 0 Å². The zero-order valence-corrected chi connectivity index (χ0v) is 5.21. The normalized spacial score (nSPS) is 27.0. The summed E-state index contributed by atoms with van der Waals surface area (Å²) >= 11 is 0. The summed E-state index contributed by atoms with van der Waals surface area (Å²) in [6.45, 7) is 0. The maximum absolute atomic E-state index is 8.70. The van der Waals surface area contributed by atoms with Crippen molar-refractivity contribution in [1.29, 1.82) is 0 Å². The molecular weight excluding hydrogens is 158 g/mol. The smallest absolute Gasteiger partial charge is 0.334 e. The fourth-order valence-corrected chi connectivity index (χ4v) is 0.627. The molecule has 0 saturated heterocycles. The third-order valence-corrected chi connectivity index (χ3v) is 1.39. The lowest BCUT2D eigenvalue weighted by molar-refractivity contribution is -0.428. The van der Waals surface area contributed by atoms with E-state index in [2.05, 4.69) is 0 Å². The van der Waals surface area contributed by atoms with E-state index in [4.69, 9.17) is 30.7 Å². The lowest BCUT2D eigenvalue weighted by atomic mass is 10.2. The molecule has 1 aliphatic heterocycles. The highest BCUT2D eigenvalue weighted by molar-refractivity contribution is 5.13. The Hall–Kier alpha value is -0.860. The van der Waals surface area contributed by atoms with E-state index in [1.54, 1.807) is 0 Å². The Kier molecular flexibility index (Phi) is 1.38. The topological polar surface area (TPSA) is 125 Å². The Morgan fingerprint density at radius 1 is 1.18 bits per heavy atom. The first-order chi connectivity index (χ1) is 4.80. The van der Waals surface area contributed by atoms with Crippen LogP contribution in [0.1, 0.15) is 0 Å². The van der Waals surface area contributed by atoms with Gasteiger partial charge in [-0.05, 0) is 0 Å². The van der Waals surface area contributed by atoms with Crippen molar-refractivity contribution in [3.05, 3.63) is 12.0 Å². The summed E-state index contributed by atoms with van der Waals surface area (Å²) in [6.07, 6.45) is 0.361. The Bertz CT molecular complexity index is 209. The minimum atomic E-state index is -3.32. The summed E-state index contributed by atoms with van der Waals surface area (Å²) in [6, 6.07) is 0. The highest BCUT2D eigenvalue weighted by Gasteiger charge is 2.60. The van der Waals surface area contributed by atoms with Crippen LogP contribution in [0.25, 0.3) is 0 Å². The fraction of sp³-hybridized carbons (Fsp3) is 0.500. The van der Waals surface area contributed by atoms with Crippen LogP contribution in [0, 0.1) is 0 Å². The zero-order valence-electron chi connectivity index (χ0n) is 5.21. The maximum atomic E-state index is 8.70. The van der Waals surface area contributed by atoms with Crippen LogP contribution in [0.5, 0.6) is 0 Å². The average molecular weight is 165 g/mol. The van der Waals surface area contributed by atoms with Crippen molar-refractivity contribution in [2.75, 3.05) is 0 Å². The van der Waals surface area contributed by atoms with Crippen molar-refractivity contribution in [2.24, 2.45) is 0 Å². The highest BCUT2D eigenvalue weighted by Crippen LogP contribution is 2.32. The van der Waals surface area contributed by atoms with Gasteiger partial charge in [0.05, 0.1) is 6.20 Å². The molecule has 0 aromatic carbocycles. The summed E-state index contributed by atoms with van der Waals surface area (Å²) in [5.41, 5.74) is 0. The summed E-state index contributed by atoms with van der Waals surface area (Å²) in [4.78, 5) is 0. The van der Waals surface area contributed by atoms with Crippen molar-refractivity contribution in [3.63, 3.8) is 0 Å². The van der Waals surface area contributed by atoms with E-state index in [-0.39, 0.29) is 5.06 Å². The van der Waals surface area contributed by atoms with E-state index in [9.17, 15) is 0 Å². The first-order valence-corrected chi connectivity index (χ1v) is 2.59. The molecule has 7 heteroatoms. The van der Waals surface area contributed by atoms with Crippen LogP contribution in [-0.2, 0) is 0 Å². The summed E-state index contributed by atoms with van der Waals surface area (Å²) in [7, 11) is 0. The third-order valence-electron chi connectivity index (χ3n) is 1.39. The molecule has 0 aromatic heterocycles. The molecule has 0 aromatic rings. The number of hydrogen-bond donors (Lipinski definition) is 6. The van der Waals surface area contributed by atoms with Gasteiger partial charge in [-0.25, -0.2) is 0 Å². The van der Waals surface area contributed by atoms with E-state index >= 15 is 0 Å². The molecule has 6 N–H and O–H groups in total. The molecule has 0 bridgehead atoms. The quantitative estimate of drug-likeness (QED) is 0.217. The molecule has 0 spiro atoms. The number of hydroxylamine groups is 2. The van der Waals surface area contributed by atoms with Crippen LogP contribution in [0.3, 0.4) is 0 Å². The molecule has 1 aliphatic rings. The molecular formula is C4H7NO6. The Balaban J connectivity index is 3.07. The van der Waals surface area contributed by atoms with Gasteiger partial charge in [-0.15, -0.1) is 0 Å². The number of hydrogen-bond acceptors (Lipinski definition) is 7. The maximum Gasteiger partial charge on any atom is 0.334 e. The molecule has 0 atom stereocenters. The summed E-state index contributed by atoms with van der Waals surface area (Å²) in [5, 5.41) is 51.6. The van der Waals surface area contributed by atoms with Crippen molar-refractivity contribution in [3.8, 4) is 0 Å². The zero-order chi connectivity index (χ0) is 8.86. The predicted molar refractivity (Wildman–Crippen MR) is 28.7 cm³/mol. The number of rotatable bonds is 0. The molecule has 7 nitrogen and oxygen atoms in total. The molecule has 1 rings (SSSR count). The van der Waals surface area contributed by atoms with E-state index in [0.717, 1.165) is 0 Å². The van der Waals surface area contributed by atoms with Gasteiger partial charge in [-0.2, -0.15) is 5.06 Å². The van der Waals surface area contributed by atoms with Gasteiger partial charge in [-0.3, -0.25) is 5.21 Å².